The number of likely N-dealkylation sites (N-methyl/N-ethyl adjacent to an activating group) is 1. The van der Waals surface area contributed by atoms with Gasteiger partial charge >= 0.3 is 5.97 Å². The molecule has 0 unspecified atom stereocenters. The number of rotatable bonds is 4. The Bertz CT molecular complexity index is 428. The van der Waals surface area contributed by atoms with Gasteiger partial charge in [0, 0.05) is 12.6 Å². The smallest absolute Gasteiger partial charge is 0.325 e. The van der Waals surface area contributed by atoms with Gasteiger partial charge in [0.25, 0.3) is 5.56 Å². The number of H-pyrrole nitrogens is 1. The number of ether oxygens (including phenoxy) is 1. The number of hydrogen-bond donors (Lipinski definition) is 1. The van der Waals surface area contributed by atoms with E-state index in [4.69, 9.17) is 0 Å². The molecule has 0 aliphatic rings. The average Bonchev–Trinajstić information content (AvgIpc) is 2.24. The zero-order valence-corrected chi connectivity index (χ0v) is 9.61. The second kappa shape index (κ2) is 5.29. The third kappa shape index (κ3) is 3.08. The monoisotopic (exact) mass is 225 g/mol. The fourth-order valence-corrected chi connectivity index (χ4v) is 1.30. The first-order valence-corrected chi connectivity index (χ1v) is 4.96. The third-order valence-corrected chi connectivity index (χ3v) is 2.10. The number of anilines is 1. The van der Waals surface area contributed by atoms with Crippen LogP contribution in [0.5, 0.6) is 0 Å². The molecule has 0 saturated heterocycles. The second-order valence-corrected chi connectivity index (χ2v) is 3.28. The lowest BCUT2D eigenvalue weighted by Crippen LogP contribution is -2.32. The molecule has 0 saturated carbocycles. The van der Waals surface area contributed by atoms with E-state index in [1.54, 1.807) is 11.8 Å². The Morgan fingerprint density at radius 1 is 1.62 bits per heavy atom. The topological polar surface area (TPSA) is 75.3 Å². The van der Waals surface area contributed by atoms with Crippen LogP contribution < -0.4 is 10.5 Å². The van der Waals surface area contributed by atoms with E-state index in [0.29, 0.717) is 18.2 Å². The van der Waals surface area contributed by atoms with Crippen LogP contribution in [0, 0.1) is 6.92 Å². The Hall–Kier alpha value is -1.85. The predicted octanol–water partition coefficient (Wildman–Crippen LogP) is 0.0776. The molecule has 1 aromatic rings. The summed E-state index contributed by atoms with van der Waals surface area (Å²) in [4.78, 5) is 30.8. The van der Waals surface area contributed by atoms with Gasteiger partial charge in [-0.15, -0.1) is 0 Å². The van der Waals surface area contributed by atoms with Gasteiger partial charge in [0.2, 0.25) is 0 Å². The van der Waals surface area contributed by atoms with Crippen molar-refractivity contribution >= 4 is 11.8 Å². The maximum Gasteiger partial charge on any atom is 0.325 e. The Morgan fingerprint density at radius 2 is 2.31 bits per heavy atom. The number of aromatic nitrogens is 2. The number of nitrogens with zero attached hydrogens (tertiary/aromatic N) is 2. The van der Waals surface area contributed by atoms with E-state index in [1.807, 2.05) is 6.92 Å². The molecule has 1 N–H and O–H groups in total. The molecule has 0 atom stereocenters. The molecule has 0 bridgehead atoms. The summed E-state index contributed by atoms with van der Waals surface area (Å²) in [6.07, 6.45) is 0. The molecule has 0 fully saturated rings. The number of hydrogen-bond acceptors (Lipinski definition) is 5. The van der Waals surface area contributed by atoms with Crippen LogP contribution in [0.2, 0.25) is 0 Å². The maximum atomic E-state index is 11.2. The van der Waals surface area contributed by atoms with Gasteiger partial charge in [-0.3, -0.25) is 9.59 Å². The highest BCUT2D eigenvalue weighted by molar-refractivity contribution is 5.75. The van der Waals surface area contributed by atoms with Crippen LogP contribution in [0.1, 0.15) is 12.7 Å². The van der Waals surface area contributed by atoms with Gasteiger partial charge in [-0.25, -0.2) is 4.98 Å². The minimum Gasteiger partial charge on any atom is -0.468 e. The number of aryl methyl sites for hydroxylation is 1. The van der Waals surface area contributed by atoms with E-state index in [9.17, 15) is 9.59 Å². The van der Waals surface area contributed by atoms with E-state index in [1.165, 1.54) is 13.2 Å². The van der Waals surface area contributed by atoms with Crippen molar-refractivity contribution in [2.24, 2.45) is 0 Å². The van der Waals surface area contributed by atoms with Crippen LogP contribution in [-0.4, -0.2) is 36.1 Å². The van der Waals surface area contributed by atoms with Crippen molar-refractivity contribution in [1.29, 1.82) is 0 Å². The summed E-state index contributed by atoms with van der Waals surface area (Å²) in [6, 6.07) is 1.36. The first kappa shape index (κ1) is 12.2. The van der Waals surface area contributed by atoms with Crippen molar-refractivity contribution in [3.63, 3.8) is 0 Å². The molecule has 1 aromatic heterocycles. The number of nitrogens with one attached hydrogen (secondary N) is 1. The van der Waals surface area contributed by atoms with Gasteiger partial charge in [-0.2, -0.15) is 0 Å². The van der Waals surface area contributed by atoms with Crippen molar-refractivity contribution < 1.29 is 9.53 Å². The van der Waals surface area contributed by atoms with Crippen LogP contribution >= 0.6 is 0 Å². The standard InChI is InChI=1S/C10H15N3O3/c1-4-13(6-10(15)16-3)8-5-9(14)12-7(2)11-8/h5H,4,6H2,1-3H3,(H,11,12,14). The lowest BCUT2D eigenvalue weighted by atomic mass is 10.4. The molecule has 0 aliphatic heterocycles. The summed E-state index contributed by atoms with van der Waals surface area (Å²) in [5.74, 6) is 0.640. The summed E-state index contributed by atoms with van der Waals surface area (Å²) < 4.78 is 4.57. The molecule has 88 valence electrons. The quantitative estimate of drug-likeness (QED) is 0.734. The van der Waals surface area contributed by atoms with Crippen LogP contribution in [0.25, 0.3) is 0 Å². The van der Waals surface area contributed by atoms with Crippen molar-refractivity contribution in [1.82, 2.24) is 9.97 Å². The Labute approximate surface area is 93.3 Å². The third-order valence-electron chi connectivity index (χ3n) is 2.10. The normalized spacial score (nSPS) is 9.94. The van der Waals surface area contributed by atoms with Crippen LogP contribution in [0.3, 0.4) is 0 Å². The van der Waals surface area contributed by atoms with E-state index >= 15 is 0 Å². The van der Waals surface area contributed by atoms with Gasteiger partial charge in [0.1, 0.15) is 18.2 Å². The second-order valence-electron chi connectivity index (χ2n) is 3.28. The summed E-state index contributed by atoms with van der Waals surface area (Å²) in [5.41, 5.74) is -0.231. The van der Waals surface area contributed by atoms with Gasteiger partial charge < -0.3 is 14.6 Å². The summed E-state index contributed by atoms with van der Waals surface area (Å²) in [5, 5.41) is 0. The van der Waals surface area contributed by atoms with Crippen molar-refractivity contribution in [3.8, 4) is 0 Å². The van der Waals surface area contributed by atoms with Gasteiger partial charge in [0.15, 0.2) is 0 Å². The van der Waals surface area contributed by atoms with Crippen molar-refractivity contribution in [2.45, 2.75) is 13.8 Å². The zero-order chi connectivity index (χ0) is 12.1. The number of methoxy groups -OCH3 is 1. The summed E-state index contributed by atoms with van der Waals surface area (Å²) >= 11 is 0. The molecule has 0 radical (unpaired) electrons. The Kier molecular flexibility index (Phi) is 4.04. The number of carbonyl (C=O) groups excluding carboxylic acids is 1. The molecular weight excluding hydrogens is 210 g/mol. The lowest BCUT2D eigenvalue weighted by molar-refractivity contribution is -0.138. The molecule has 0 amide bonds. The first-order valence-electron chi connectivity index (χ1n) is 4.96. The number of carbonyl (C=O) groups is 1. The fourth-order valence-electron chi connectivity index (χ4n) is 1.30. The predicted molar refractivity (Wildman–Crippen MR) is 59.5 cm³/mol. The highest BCUT2D eigenvalue weighted by Gasteiger charge is 2.12. The van der Waals surface area contributed by atoms with E-state index in [-0.39, 0.29) is 18.1 Å². The number of aromatic amines is 1. The van der Waals surface area contributed by atoms with Crippen LogP contribution in [-0.2, 0) is 9.53 Å². The SMILES string of the molecule is CCN(CC(=O)OC)c1cc(=O)[nH]c(C)n1. The van der Waals surface area contributed by atoms with E-state index < -0.39 is 0 Å². The molecule has 0 aromatic carbocycles. The van der Waals surface area contributed by atoms with Gasteiger partial charge in [0.05, 0.1) is 7.11 Å². The molecule has 6 heteroatoms. The minimum absolute atomic E-state index is 0.0862. The lowest BCUT2D eigenvalue weighted by Gasteiger charge is -2.20. The van der Waals surface area contributed by atoms with Crippen LogP contribution in [0.15, 0.2) is 10.9 Å². The minimum atomic E-state index is -0.360. The highest BCUT2D eigenvalue weighted by atomic mass is 16.5. The van der Waals surface area contributed by atoms with Gasteiger partial charge in [-0.1, -0.05) is 0 Å². The average molecular weight is 225 g/mol. The highest BCUT2D eigenvalue weighted by Crippen LogP contribution is 2.06. The Morgan fingerprint density at radius 3 is 2.81 bits per heavy atom. The van der Waals surface area contributed by atoms with Crippen molar-refractivity contribution in [2.75, 3.05) is 25.1 Å². The van der Waals surface area contributed by atoms with Crippen LogP contribution in [0.4, 0.5) is 5.82 Å². The largest absolute Gasteiger partial charge is 0.468 e. The number of esters is 1. The summed E-state index contributed by atoms with van der Waals surface area (Å²) in [7, 11) is 1.33. The van der Waals surface area contributed by atoms with E-state index in [2.05, 4.69) is 14.7 Å². The fraction of sp³-hybridized carbons (Fsp3) is 0.500. The molecule has 16 heavy (non-hydrogen) atoms. The molecule has 1 rings (SSSR count). The molecule has 0 aliphatic carbocycles. The zero-order valence-electron chi connectivity index (χ0n) is 9.61. The van der Waals surface area contributed by atoms with Gasteiger partial charge in [-0.05, 0) is 13.8 Å². The molecule has 6 nitrogen and oxygen atoms in total. The maximum absolute atomic E-state index is 11.2. The molecular formula is C10H15N3O3. The van der Waals surface area contributed by atoms with E-state index in [0.717, 1.165) is 0 Å². The van der Waals surface area contributed by atoms with Crippen molar-refractivity contribution in [3.05, 3.63) is 22.2 Å². The first-order chi connectivity index (χ1) is 7.56. The molecule has 0 spiro atoms. The molecule has 1 heterocycles. The Balaban J connectivity index is 2.94. The summed E-state index contributed by atoms with van der Waals surface area (Å²) in [6.45, 7) is 4.23.